The van der Waals surface area contributed by atoms with Gasteiger partial charge >= 0.3 is 0 Å². The van der Waals surface area contributed by atoms with Gasteiger partial charge in [0.2, 0.25) is 0 Å². The number of likely N-dealkylation sites (N-methyl/N-ethyl adjacent to an activating group) is 1. The molecule has 0 aliphatic carbocycles. The van der Waals surface area contributed by atoms with Gasteiger partial charge in [0.05, 0.1) is 0 Å². The summed E-state index contributed by atoms with van der Waals surface area (Å²) in [6, 6.07) is 0. The Morgan fingerprint density at radius 1 is 1.56 bits per heavy atom. The first kappa shape index (κ1) is 8.46. The first-order chi connectivity index (χ1) is 4.31. The minimum Gasteiger partial charge on any atom is -0.405 e. The van der Waals surface area contributed by atoms with Crippen molar-refractivity contribution in [2.75, 3.05) is 26.7 Å². The second kappa shape index (κ2) is 5.59. The maximum absolute atomic E-state index is 5.30. The molecular formula is C6H15N3. The zero-order valence-electron chi connectivity index (χ0n) is 5.88. The van der Waals surface area contributed by atoms with E-state index in [1.807, 2.05) is 13.1 Å². The molecule has 0 radical (unpaired) electrons. The maximum atomic E-state index is 5.30. The number of nitrogens with zero attached hydrogens (tertiary/aromatic N) is 1. The van der Waals surface area contributed by atoms with Crippen LogP contribution in [-0.4, -0.2) is 31.6 Å². The molecule has 0 spiro atoms. The Bertz CT molecular complexity index is 80.4. The van der Waals surface area contributed by atoms with Gasteiger partial charge in [0.25, 0.3) is 0 Å². The monoisotopic (exact) mass is 129 g/mol. The molecule has 9 heavy (non-hydrogen) atoms. The van der Waals surface area contributed by atoms with Crippen molar-refractivity contribution >= 4 is 0 Å². The largest absolute Gasteiger partial charge is 0.405 e. The van der Waals surface area contributed by atoms with Gasteiger partial charge in [-0.25, -0.2) is 0 Å². The van der Waals surface area contributed by atoms with Crippen molar-refractivity contribution in [3.63, 3.8) is 0 Å². The van der Waals surface area contributed by atoms with Gasteiger partial charge in [-0.3, -0.25) is 0 Å². The minimum absolute atomic E-state index is 0.703. The average molecular weight is 129 g/mol. The van der Waals surface area contributed by atoms with E-state index in [0.29, 0.717) is 6.54 Å². The lowest BCUT2D eigenvalue weighted by atomic mass is 10.5. The summed E-state index contributed by atoms with van der Waals surface area (Å²) in [4.78, 5) is 2.10. The highest BCUT2D eigenvalue weighted by Gasteiger charge is 1.89. The van der Waals surface area contributed by atoms with E-state index >= 15 is 0 Å². The van der Waals surface area contributed by atoms with E-state index in [4.69, 9.17) is 11.5 Å². The first-order valence-electron chi connectivity index (χ1n) is 3.06. The lowest BCUT2D eigenvalue weighted by Gasteiger charge is -2.11. The molecule has 0 aromatic heterocycles. The molecule has 0 bridgehead atoms. The lowest BCUT2D eigenvalue weighted by molar-refractivity contribution is 0.381. The molecule has 3 heteroatoms. The van der Waals surface area contributed by atoms with Crippen molar-refractivity contribution in [2.24, 2.45) is 11.5 Å². The zero-order valence-corrected chi connectivity index (χ0v) is 5.88. The Morgan fingerprint density at radius 3 is 2.67 bits per heavy atom. The van der Waals surface area contributed by atoms with Gasteiger partial charge in [-0.1, -0.05) is 6.08 Å². The first-order valence-corrected chi connectivity index (χ1v) is 3.06. The summed E-state index contributed by atoms with van der Waals surface area (Å²) in [6.45, 7) is 2.51. The van der Waals surface area contributed by atoms with Crippen LogP contribution >= 0.6 is 0 Å². The fraction of sp³-hybridized carbons (Fsp3) is 0.667. The van der Waals surface area contributed by atoms with Crippen LogP contribution in [0.15, 0.2) is 12.3 Å². The molecule has 0 aromatic rings. The van der Waals surface area contributed by atoms with E-state index in [0.717, 1.165) is 13.1 Å². The van der Waals surface area contributed by atoms with E-state index in [9.17, 15) is 0 Å². The van der Waals surface area contributed by atoms with E-state index < -0.39 is 0 Å². The molecule has 4 N–H and O–H groups in total. The smallest absolute Gasteiger partial charge is 0.0177 e. The molecule has 0 aromatic carbocycles. The molecule has 0 fully saturated rings. The topological polar surface area (TPSA) is 55.3 Å². The van der Waals surface area contributed by atoms with E-state index in [1.54, 1.807) is 6.20 Å². The minimum atomic E-state index is 0.703. The Morgan fingerprint density at radius 2 is 2.22 bits per heavy atom. The molecular weight excluding hydrogens is 114 g/mol. The molecule has 54 valence electrons. The van der Waals surface area contributed by atoms with Crippen LogP contribution in [0.25, 0.3) is 0 Å². The quantitative estimate of drug-likeness (QED) is 0.530. The number of rotatable bonds is 4. The number of hydrogen-bond acceptors (Lipinski definition) is 3. The second-order valence-corrected chi connectivity index (χ2v) is 1.98. The Kier molecular flexibility index (Phi) is 5.26. The van der Waals surface area contributed by atoms with Crippen LogP contribution in [0, 0.1) is 0 Å². The van der Waals surface area contributed by atoms with Gasteiger partial charge in [-0.05, 0) is 13.2 Å². The molecule has 0 amide bonds. The van der Waals surface area contributed by atoms with Crippen LogP contribution in [-0.2, 0) is 0 Å². The number of hydrogen-bond donors (Lipinski definition) is 2. The summed E-state index contributed by atoms with van der Waals surface area (Å²) in [6.07, 6.45) is 3.45. The summed E-state index contributed by atoms with van der Waals surface area (Å²) in [5, 5.41) is 0. The van der Waals surface area contributed by atoms with Gasteiger partial charge in [0.1, 0.15) is 0 Å². The molecule has 3 nitrogen and oxygen atoms in total. The summed E-state index contributed by atoms with van der Waals surface area (Å²) >= 11 is 0. The van der Waals surface area contributed by atoms with E-state index in [-0.39, 0.29) is 0 Å². The van der Waals surface area contributed by atoms with Crippen LogP contribution in [0.5, 0.6) is 0 Å². The summed E-state index contributed by atoms with van der Waals surface area (Å²) in [5.41, 5.74) is 10.4. The molecule has 0 aliphatic heterocycles. The predicted octanol–water partition coefficient (Wildman–Crippen LogP) is -0.651. The highest BCUT2D eigenvalue weighted by Crippen LogP contribution is 1.78. The average Bonchev–Trinajstić information content (AvgIpc) is 1.85. The van der Waals surface area contributed by atoms with Crippen molar-refractivity contribution in [3.8, 4) is 0 Å². The predicted molar refractivity (Wildman–Crippen MR) is 39.9 cm³/mol. The van der Waals surface area contributed by atoms with Gasteiger partial charge in [0, 0.05) is 19.6 Å². The van der Waals surface area contributed by atoms with Crippen molar-refractivity contribution in [1.29, 1.82) is 0 Å². The SMILES string of the molecule is CN(C/C=C\N)CCN. The van der Waals surface area contributed by atoms with Crippen molar-refractivity contribution in [1.82, 2.24) is 4.90 Å². The lowest BCUT2D eigenvalue weighted by Crippen LogP contribution is -2.25. The zero-order chi connectivity index (χ0) is 7.11. The Labute approximate surface area is 56.3 Å². The molecule has 0 unspecified atom stereocenters. The fourth-order valence-corrected chi connectivity index (χ4v) is 0.552. The Hall–Kier alpha value is -0.540. The van der Waals surface area contributed by atoms with Gasteiger partial charge in [-0.2, -0.15) is 0 Å². The molecule has 0 heterocycles. The highest BCUT2D eigenvalue weighted by molar-refractivity contribution is 4.78. The molecule has 0 aliphatic rings. The van der Waals surface area contributed by atoms with Crippen molar-refractivity contribution in [2.45, 2.75) is 0 Å². The normalized spacial score (nSPS) is 11.4. The van der Waals surface area contributed by atoms with Crippen LogP contribution in [0.4, 0.5) is 0 Å². The van der Waals surface area contributed by atoms with E-state index in [2.05, 4.69) is 4.90 Å². The number of nitrogens with two attached hydrogens (primary N) is 2. The molecule has 0 saturated carbocycles. The molecule has 0 saturated heterocycles. The summed E-state index contributed by atoms with van der Waals surface area (Å²) in [7, 11) is 2.01. The van der Waals surface area contributed by atoms with Gasteiger partial charge in [-0.15, -0.1) is 0 Å². The molecule has 0 atom stereocenters. The maximum Gasteiger partial charge on any atom is 0.0177 e. The van der Waals surface area contributed by atoms with Gasteiger partial charge in [0.15, 0.2) is 0 Å². The van der Waals surface area contributed by atoms with Crippen LogP contribution in [0.2, 0.25) is 0 Å². The highest BCUT2D eigenvalue weighted by atomic mass is 15.1. The molecule has 0 rings (SSSR count). The summed E-state index contributed by atoms with van der Waals surface area (Å²) in [5.74, 6) is 0. The summed E-state index contributed by atoms with van der Waals surface area (Å²) < 4.78 is 0. The third-order valence-electron chi connectivity index (χ3n) is 1.06. The third-order valence-corrected chi connectivity index (χ3v) is 1.06. The fourth-order valence-electron chi connectivity index (χ4n) is 0.552. The van der Waals surface area contributed by atoms with Crippen molar-refractivity contribution in [3.05, 3.63) is 12.3 Å². The Balaban J connectivity index is 3.15. The standard InChI is InChI=1S/C6H15N3/c1-9(6-4-8)5-2-3-7/h2-3H,4-8H2,1H3/b3-2-. The second-order valence-electron chi connectivity index (χ2n) is 1.98. The third kappa shape index (κ3) is 5.33. The van der Waals surface area contributed by atoms with E-state index in [1.165, 1.54) is 0 Å². The van der Waals surface area contributed by atoms with Crippen LogP contribution < -0.4 is 11.5 Å². The van der Waals surface area contributed by atoms with Gasteiger partial charge < -0.3 is 16.4 Å². The van der Waals surface area contributed by atoms with Crippen LogP contribution in [0.3, 0.4) is 0 Å². The van der Waals surface area contributed by atoms with Crippen LogP contribution in [0.1, 0.15) is 0 Å². The van der Waals surface area contributed by atoms with Crippen molar-refractivity contribution < 1.29 is 0 Å².